The van der Waals surface area contributed by atoms with Gasteiger partial charge in [0, 0.05) is 11.3 Å². The van der Waals surface area contributed by atoms with E-state index in [1.807, 2.05) is 5.92 Å². The third-order valence-corrected chi connectivity index (χ3v) is 1.65. The number of terminal acetylenes is 1. The van der Waals surface area contributed by atoms with Gasteiger partial charge < -0.3 is 5.32 Å². The Morgan fingerprint density at radius 2 is 2.31 bits per heavy atom. The zero-order valence-corrected chi connectivity index (χ0v) is 7.10. The molecule has 2 nitrogen and oxygen atoms in total. The lowest BCUT2D eigenvalue weighted by Gasteiger charge is -2.05. The van der Waals surface area contributed by atoms with Gasteiger partial charge in [-0.25, -0.2) is 4.39 Å². The highest BCUT2D eigenvalue weighted by Crippen LogP contribution is 2.16. The second-order valence-corrected chi connectivity index (χ2v) is 2.51. The first-order valence-corrected chi connectivity index (χ1v) is 3.68. The van der Waals surface area contributed by atoms with Gasteiger partial charge in [0.25, 0.3) is 5.91 Å². The lowest BCUT2D eigenvalue weighted by atomic mass is 10.2. The van der Waals surface area contributed by atoms with Crippen LogP contribution in [0.4, 0.5) is 10.1 Å². The van der Waals surface area contributed by atoms with E-state index in [2.05, 4.69) is 5.32 Å². The van der Waals surface area contributed by atoms with Crippen molar-refractivity contribution in [2.24, 2.45) is 0 Å². The standard InChI is InChI=1S/C10H8FNO/c1-3-10(13)12-9-6-4-5-8(11)7(9)2/h1,4-6H,2H3,(H,12,13). The number of rotatable bonds is 1. The Balaban J connectivity index is 2.97. The van der Waals surface area contributed by atoms with Crippen LogP contribution in [0.1, 0.15) is 5.56 Å². The molecular weight excluding hydrogens is 169 g/mol. The van der Waals surface area contributed by atoms with E-state index in [0.29, 0.717) is 11.3 Å². The maximum absolute atomic E-state index is 12.9. The molecule has 0 aliphatic rings. The molecule has 0 saturated heterocycles. The van der Waals surface area contributed by atoms with Crippen molar-refractivity contribution in [3.63, 3.8) is 0 Å². The molecular formula is C10H8FNO. The van der Waals surface area contributed by atoms with Gasteiger partial charge in [0.1, 0.15) is 5.82 Å². The number of carbonyl (C=O) groups excluding carboxylic acids is 1. The van der Waals surface area contributed by atoms with Gasteiger partial charge in [-0.3, -0.25) is 4.79 Å². The largest absolute Gasteiger partial charge is 0.315 e. The molecule has 1 N–H and O–H groups in total. The van der Waals surface area contributed by atoms with Gasteiger partial charge in [0.15, 0.2) is 0 Å². The van der Waals surface area contributed by atoms with Gasteiger partial charge in [-0.05, 0) is 25.0 Å². The maximum atomic E-state index is 12.9. The van der Waals surface area contributed by atoms with Crippen molar-refractivity contribution in [3.05, 3.63) is 29.6 Å². The number of hydrogen-bond acceptors (Lipinski definition) is 1. The molecule has 0 unspecified atom stereocenters. The summed E-state index contributed by atoms with van der Waals surface area (Å²) in [6, 6.07) is 4.42. The Morgan fingerprint density at radius 1 is 1.62 bits per heavy atom. The highest BCUT2D eigenvalue weighted by atomic mass is 19.1. The molecule has 0 spiro atoms. The summed E-state index contributed by atoms with van der Waals surface area (Å²) in [6.07, 6.45) is 4.85. The average Bonchev–Trinajstić information content (AvgIpc) is 2.13. The van der Waals surface area contributed by atoms with E-state index in [4.69, 9.17) is 6.42 Å². The SMILES string of the molecule is C#CC(=O)Nc1cccc(F)c1C. The molecule has 1 amide bonds. The number of hydrogen-bond donors (Lipinski definition) is 1. The number of anilines is 1. The molecule has 0 radical (unpaired) electrons. The predicted octanol–water partition coefficient (Wildman–Crippen LogP) is 1.71. The molecule has 0 atom stereocenters. The first-order valence-electron chi connectivity index (χ1n) is 3.68. The number of amides is 1. The highest BCUT2D eigenvalue weighted by Gasteiger charge is 2.04. The second-order valence-electron chi connectivity index (χ2n) is 2.51. The first-order chi connectivity index (χ1) is 6.15. The molecule has 0 aliphatic carbocycles. The van der Waals surface area contributed by atoms with Crippen molar-refractivity contribution in [2.75, 3.05) is 5.32 Å². The minimum absolute atomic E-state index is 0.366. The van der Waals surface area contributed by atoms with Crippen LogP contribution in [0.15, 0.2) is 18.2 Å². The molecule has 3 heteroatoms. The zero-order valence-electron chi connectivity index (χ0n) is 7.10. The number of nitrogens with one attached hydrogen (secondary N) is 1. The summed E-state index contributed by atoms with van der Waals surface area (Å²) in [7, 11) is 0. The number of halogens is 1. The van der Waals surface area contributed by atoms with Crippen molar-refractivity contribution in [1.82, 2.24) is 0 Å². The summed E-state index contributed by atoms with van der Waals surface area (Å²) < 4.78 is 12.9. The van der Waals surface area contributed by atoms with Gasteiger partial charge in [0.05, 0.1) is 0 Å². The molecule has 0 heterocycles. The number of benzene rings is 1. The molecule has 0 aliphatic heterocycles. The summed E-state index contributed by atoms with van der Waals surface area (Å²) in [6.45, 7) is 1.57. The molecule has 13 heavy (non-hydrogen) atoms. The Morgan fingerprint density at radius 3 is 2.92 bits per heavy atom. The smallest absolute Gasteiger partial charge is 0.300 e. The van der Waals surface area contributed by atoms with Crippen LogP contribution in [0.3, 0.4) is 0 Å². The van der Waals surface area contributed by atoms with Crippen LogP contribution in [0.5, 0.6) is 0 Å². The van der Waals surface area contributed by atoms with Crippen LogP contribution in [-0.2, 0) is 4.79 Å². The lowest BCUT2D eigenvalue weighted by molar-refractivity contribution is -0.111. The Bertz CT molecular complexity index is 379. The molecule has 0 bridgehead atoms. The van der Waals surface area contributed by atoms with Crippen molar-refractivity contribution in [2.45, 2.75) is 6.92 Å². The van der Waals surface area contributed by atoms with E-state index in [1.54, 1.807) is 13.0 Å². The fraction of sp³-hybridized carbons (Fsp3) is 0.100. The van der Waals surface area contributed by atoms with Crippen LogP contribution in [0.25, 0.3) is 0 Å². The van der Waals surface area contributed by atoms with Gasteiger partial charge in [-0.15, -0.1) is 6.42 Å². The van der Waals surface area contributed by atoms with Crippen LogP contribution < -0.4 is 5.32 Å². The van der Waals surface area contributed by atoms with Crippen molar-refractivity contribution < 1.29 is 9.18 Å². The van der Waals surface area contributed by atoms with E-state index in [1.165, 1.54) is 12.1 Å². The van der Waals surface area contributed by atoms with E-state index in [0.717, 1.165) is 0 Å². The minimum atomic E-state index is -0.575. The molecule has 0 saturated carbocycles. The normalized spacial score (nSPS) is 9.00. The zero-order chi connectivity index (χ0) is 9.84. The monoisotopic (exact) mass is 177 g/mol. The first kappa shape index (κ1) is 9.27. The summed E-state index contributed by atoms with van der Waals surface area (Å²) in [5.41, 5.74) is 0.786. The summed E-state index contributed by atoms with van der Waals surface area (Å²) >= 11 is 0. The second kappa shape index (κ2) is 3.72. The van der Waals surface area contributed by atoms with Crippen LogP contribution >= 0.6 is 0 Å². The highest BCUT2D eigenvalue weighted by molar-refractivity contribution is 6.03. The summed E-state index contributed by atoms with van der Waals surface area (Å²) in [5, 5.41) is 2.39. The summed E-state index contributed by atoms with van der Waals surface area (Å²) in [4.78, 5) is 10.8. The van der Waals surface area contributed by atoms with E-state index in [9.17, 15) is 9.18 Å². The maximum Gasteiger partial charge on any atom is 0.300 e. The topological polar surface area (TPSA) is 29.1 Å². The third-order valence-electron chi connectivity index (χ3n) is 1.65. The molecule has 0 aromatic heterocycles. The fourth-order valence-electron chi connectivity index (χ4n) is 0.901. The third kappa shape index (κ3) is 2.06. The number of carbonyl (C=O) groups is 1. The van der Waals surface area contributed by atoms with Gasteiger partial charge >= 0.3 is 0 Å². The van der Waals surface area contributed by atoms with Crippen LogP contribution in [0.2, 0.25) is 0 Å². The quantitative estimate of drug-likeness (QED) is 0.650. The predicted molar refractivity (Wildman–Crippen MR) is 48.6 cm³/mol. The van der Waals surface area contributed by atoms with Gasteiger partial charge in [-0.2, -0.15) is 0 Å². The van der Waals surface area contributed by atoms with Crippen LogP contribution in [0, 0.1) is 25.1 Å². The Labute approximate surface area is 75.8 Å². The lowest BCUT2D eigenvalue weighted by Crippen LogP contribution is -2.09. The van der Waals surface area contributed by atoms with E-state index >= 15 is 0 Å². The fourth-order valence-corrected chi connectivity index (χ4v) is 0.901. The van der Waals surface area contributed by atoms with E-state index in [-0.39, 0.29) is 5.82 Å². The molecule has 1 rings (SSSR count). The van der Waals surface area contributed by atoms with E-state index < -0.39 is 5.91 Å². The van der Waals surface area contributed by atoms with Crippen molar-refractivity contribution >= 4 is 11.6 Å². The van der Waals surface area contributed by atoms with Gasteiger partial charge in [-0.1, -0.05) is 6.07 Å². The van der Waals surface area contributed by atoms with Crippen LogP contribution in [-0.4, -0.2) is 5.91 Å². The van der Waals surface area contributed by atoms with Gasteiger partial charge in [0.2, 0.25) is 0 Å². The van der Waals surface area contributed by atoms with Crippen molar-refractivity contribution in [1.29, 1.82) is 0 Å². The van der Waals surface area contributed by atoms with Crippen molar-refractivity contribution in [3.8, 4) is 12.3 Å². The average molecular weight is 177 g/mol. The molecule has 66 valence electrons. The molecule has 1 aromatic rings. The Kier molecular flexibility index (Phi) is 2.65. The summed E-state index contributed by atoms with van der Waals surface area (Å²) in [5.74, 6) is 0.946. The molecule has 0 fully saturated rings. The Hall–Kier alpha value is -1.82. The minimum Gasteiger partial charge on any atom is -0.315 e. The molecule has 1 aromatic carbocycles.